The van der Waals surface area contributed by atoms with Crippen molar-refractivity contribution in [2.24, 2.45) is 0 Å². The highest BCUT2D eigenvalue weighted by Gasteiger charge is 2.24. The zero-order valence-electron chi connectivity index (χ0n) is 10.8. The first kappa shape index (κ1) is 17.7. The predicted molar refractivity (Wildman–Crippen MR) is 63.8 cm³/mol. The van der Waals surface area contributed by atoms with E-state index in [0.29, 0.717) is 18.3 Å². The van der Waals surface area contributed by atoms with Crippen molar-refractivity contribution in [1.82, 2.24) is 5.06 Å². The highest BCUT2D eigenvalue weighted by Crippen LogP contribution is 2.03. The molecule has 0 aliphatic carbocycles. The van der Waals surface area contributed by atoms with Crippen LogP contribution in [-0.2, 0) is 23.9 Å². The molecule has 0 saturated carbocycles. The smallest absolute Gasteiger partial charge is 0.277 e. The van der Waals surface area contributed by atoms with Gasteiger partial charge in [0.2, 0.25) is 0 Å². The summed E-state index contributed by atoms with van der Waals surface area (Å²) >= 11 is 0. The van der Waals surface area contributed by atoms with Crippen LogP contribution in [0.2, 0.25) is 0 Å². The molecule has 0 spiro atoms. The molecule has 0 unspecified atom stereocenters. The van der Waals surface area contributed by atoms with Crippen LogP contribution in [0.3, 0.4) is 0 Å². The SMILES string of the molecule is CO.O=C1C=CC(=O)N1OCCOCCOCCO. The Kier molecular flexibility index (Phi) is 10.9. The number of amides is 2. The maximum Gasteiger partial charge on any atom is 0.277 e. The number of hydrogen-bond donors (Lipinski definition) is 2. The topological polar surface area (TPSA) is 106 Å². The number of nitrogens with zero attached hydrogens (tertiary/aromatic N) is 1. The van der Waals surface area contributed by atoms with Crippen LogP contribution < -0.4 is 0 Å². The fourth-order valence-electron chi connectivity index (χ4n) is 1.09. The minimum Gasteiger partial charge on any atom is -0.400 e. The predicted octanol–water partition coefficient (Wildman–Crippen LogP) is -1.52. The third-order valence-corrected chi connectivity index (χ3v) is 1.82. The Morgan fingerprint density at radius 1 is 0.947 bits per heavy atom. The molecule has 1 heterocycles. The lowest BCUT2D eigenvalue weighted by Gasteiger charge is -2.13. The van der Waals surface area contributed by atoms with Gasteiger partial charge in [-0.25, -0.2) is 0 Å². The number of hydrogen-bond acceptors (Lipinski definition) is 7. The molecule has 0 bridgehead atoms. The van der Waals surface area contributed by atoms with Crippen molar-refractivity contribution >= 4 is 11.8 Å². The van der Waals surface area contributed by atoms with Crippen molar-refractivity contribution in [2.45, 2.75) is 0 Å². The van der Waals surface area contributed by atoms with Crippen molar-refractivity contribution in [3.8, 4) is 0 Å². The molecule has 1 aliphatic heterocycles. The van der Waals surface area contributed by atoms with Crippen LogP contribution in [0.4, 0.5) is 0 Å². The summed E-state index contributed by atoms with van der Waals surface area (Å²) in [5.74, 6) is -0.970. The Balaban J connectivity index is 0.00000154. The van der Waals surface area contributed by atoms with Gasteiger partial charge in [0.1, 0.15) is 0 Å². The van der Waals surface area contributed by atoms with Gasteiger partial charge >= 0.3 is 0 Å². The maximum atomic E-state index is 11.0. The van der Waals surface area contributed by atoms with E-state index in [1.807, 2.05) is 0 Å². The van der Waals surface area contributed by atoms with E-state index in [0.717, 1.165) is 19.3 Å². The minimum absolute atomic E-state index is 0.0186. The van der Waals surface area contributed by atoms with E-state index < -0.39 is 11.8 Å². The molecule has 0 aromatic rings. The molecule has 0 fully saturated rings. The Morgan fingerprint density at radius 2 is 1.42 bits per heavy atom. The highest BCUT2D eigenvalue weighted by atomic mass is 16.7. The second-order valence-electron chi connectivity index (χ2n) is 3.09. The van der Waals surface area contributed by atoms with Gasteiger partial charge < -0.3 is 19.7 Å². The molecule has 1 aliphatic rings. The zero-order valence-corrected chi connectivity index (χ0v) is 10.8. The van der Waals surface area contributed by atoms with E-state index in [2.05, 4.69) is 0 Å². The molecule has 19 heavy (non-hydrogen) atoms. The van der Waals surface area contributed by atoms with Gasteiger partial charge in [0.05, 0.1) is 39.6 Å². The van der Waals surface area contributed by atoms with Gasteiger partial charge in [-0.15, -0.1) is 5.06 Å². The first-order chi connectivity index (χ1) is 9.25. The van der Waals surface area contributed by atoms with Gasteiger partial charge in [-0.1, -0.05) is 0 Å². The lowest BCUT2D eigenvalue weighted by Crippen LogP contribution is -2.31. The average Bonchev–Trinajstić information content (AvgIpc) is 2.75. The summed E-state index contributed by atoms with van der Waals surface area (Å²) < 4.78 is 10.1. The van der Waals surface area contributed by atoms with E-state index >= 15 is 0 Å². The van der Waals surface area contributed by atoms with Gasteiger partial charge in [0, 0.05) is 19.3 Å². The van der Waals surface area contributed by atoms with Gasteiger partial charge in [-0.3, -0.25) is 14.4 Å². The zero-order chi connectivity index (χ0) is 14.5. The van der Waals surface area contributed by atoms with Crippen LogP contribution in [0.15, 0.2) is 12.2 Å². The molecule has 8 heteroatoms. The monoisotopic (exact) mass is 277 g/mol. The summed E-state index contributed by atoms with van der Waals surface area (Å²) in [4.78, 5) is 27.0. The Hall–Kier alpha value is -1.32. The molecule has 0 aromatic carbocycles. The van der Waals surface area contributed by atoms with Crippen LogP contribution in [-0.4, -0.2) is 73.8 Å². The second kappa shape index (κ2) is 11.8. The molecule has 2 N–H and O–H groups in total. The fraction of sp³-hybridized carbons (Fsp3) is 0.636. The molecular formula is C11H19NO7. The molecule has 0 aromatic heterocycles. The van der Waals surface area contributed by atoms with Gasteiger partial charge in [0.25, 0.3) is 11.8 Å². The van der Waals surface area contributed by atoms with Gasteiger partial charge in [-0.2, -0.15) is 0 Å². The molecule has 2 amide bonds. The molecule has 0 radical (unpaired) electrons. The molecule has 0 atom stereocenters. The van der Waals surface area contributed by atoms with Crippen LogP contribution in [0.5, 0.6) is 0 Å². The van der Waals surface area contributed by atoms with E-state index in [9.17, 15) is 9.59 Å². The number of ether oxygens (including phenoxy) is 2. The van der Waals surface area contributed by atoms with E-state index in [4.69, 9.17) is 24.5 Å². The number of carbonyl (C=O) groups is 2. The summed E-state index contributed by atoms with van der Waals surface area (Å²) in [6, 6.07) is 0. The Bertz CT molecular complexity index is 275. The van der Waals surface area contributed by atoms with Crippen LogP contribution >= 0.6 is 0 Å². The van der Waals surface area contributed by atoms with Gasteiger partial charge in [0.15, 0.2) is 0 Å². The molecule has 8 nitrogen and oxygen atoms in total. The largest absolute Gasteiger partial charge is 0.400 e. The highest BCUT2D eigenvalue weighted by molar-refractivity contribution is 6.11. The standard InChI is InChI=1S/C10H15NO6.CH4O/c12-3-4-15-5-6-16-7-8-17-11-9(13)1-2-10(11)14;1-2/h1-2,12H,3-8H2;2H,1H3. The van der Waals surface area contributed by atoms with Gasteiger partial charge in [-0.05, 0) is 0 Å². The third kappa shape index (κ3) is 7.65. The number of imide groups is 1. The average molecular weight is 277 g/mol. The van der Waals surface area contributed by atoms with E-state index in [1.54, 1.807) is 0 Å². The number of aliphatic hydroxyl groups excluding tert-OH is 2. The number of hydroxylamine groups is 2. The van der Waals surface area contributed by atoms with Crippen molar-refractivity contribution < 1.29 is 34.1 Å². The first-order valence-corrected chi connectivity index (χ1v) is 5.66. The van der Waals surface area contributed by atoms with E-state index in [-0.39, 0.29) is 26.4 Å². The maximum absolute atomic E-state index is 11.0. The van der Waals surface area contributed by atoms with Crippen LogP contribution in [0.25, 0.3) is 0 Å². The number of aliphatic hydroxyl groups is 2. The summed E-state index contributed by atoms with van der Waals surface area (Å²) in [5.41, 5.74) is 0. The summed E-state index contributed by atoms with van der Waals surface area (Å²) in [5, 5.41) is 16.1. The van der Waals surface area contributed by atoms with Crippen molar-refractivity contribution in [2.75, 3.05) is 46.8 Å². The quantitative estimate of drug-likeness (QED) is 0.389. The molecule has 0 saturated heterocycles. The van der Waals surface area contributed by atoms with Crippen molar-refractivity contribution in [3.05, 3.63) is 12.2 Å². The number of carbonyl (C=O) groups excluding carboxylic acids is 2. The summed E-state index contributed by atoms with van der Waals surface area (Å²) in [6.07, 6.45) is 2.29. The lowest BCUT2D eigenvalue weighted by molar-refractivity contribution is -0.189. The minimum atomic E-state index is -0.485. The van der Waals surface area contributed by atoms with Crippen LogP contribution in [0.1, 0.15) is 0 Å². The molecular weight excluding hydrogens is 258 g/mol. The Labute approximate surface area is 111 Å². The van der Waals surface area contributed by atoms with Crippen molar-refractivity contribution in [1.29, 1.82) is 0 Å². The molecule has 110 valence electrons. The van der Waals surface area contributed by atoms with E-state index in [1.165, 1.54) is 0 Å². The summed E-state index contributed by atoms with van der Waals surface area (Å²) in [7, 11) is 1.00. The normalized spacial score (nSPS) is 13.7. The fourth-order valence-corrected chi connectivity index (χ4v) is 1.09. The van der Waals surface area contributed by atoms with Crippen molar-refractivity contribution in [3.63, 3.8) is 0 Å². The summed E-state index contributed by atoms with van der Waals surface area (Å²) in [6.45, 7) is 1.36. The molecule has 1 rings (SSSR count). The second-order valence-corrected chi connectivity index (χ2v) is 3.09. The third-order valence-electron chi connectivity index (χ3n) is 1.82. The number of rotatable bonds is 9. The first-order valence-electron chi connectivity index (χ1n) is 5.66. The lowest BCUT2D eigenvalue weighted by atomic mass is 10.6. The Morgan fingerprint density at radius 3 is 1.95 bits per heavy atom. The van der Waals surface area contributed by atoms with Crippen LogP contribution in [0, 0.1) is 0 Å².